The van der Waals surface area contributed by atoms with Crippen molar-refractivity contribution in [3.05, 3.63) is 35.1 Å². The first-order chi connectivity index (χ1) is 6.86. The van der Waals surface area contributed by atoms with Crippen LogP contribution in [0.25, 0.3) is 0 Å². The average Bonchev–Trinajstić information content (AvgIpc) is 2.15. The summed E-state index contributed by atoms with van der Waals surface area (Å²) in [5.74, 6) is 3.13. The van der Waals surface area contributed by atoms with E-state index in [1.54, 1.807) is 0 Å². The molecule has 0 unspecified atom stereocenters. The molecule has 0 amide bonds. The molecule has 15 heavy (non-hydrogen) atoms. The highest BCUT2D eigenvalue weighted by Gasteiger charge is 2.34. The van der Waals surface area contributed by atoms with Crippen molar-refractivity contribution in [3.63, 3.8) is 0 Å². The van der Waals surface area contributed by atoms with E-state index in [9.17, 15) is 17.6 Å². The van der Waals surface area contributed by atoms with Crippen LogP contribution in [0.3, 0.4) is 0 Å². The van der Waals surface area contributed by atoms with Crippen LogP contribution in [0.5, 0.6) is 0 Å². The molecule has 0 bridgehead atoms. The van der Waals surface area contributed by atoms with E-state index in [0.717, 1.165) is 6.07 Å². The van der Waals surface area contributed by atoms with Gasteiger partial charge in [-0.25, -0.2) is 4.39 Å². The lowest BCUT2D eigenvalue weighted by Crippen LogP contribution is -2.17. The molecule has 1 rings (SSSR count). The third-order valence-corrected chi connectivity index (χ3v) is 1.71. The van der Waals surface area contributed by atoms with Crippen molar-refractivity contribution in [2.45, 2.75) is 6.18 Å². The Morgan fingerprint density at radius 3 is 2.33 bits per heavy atom. The highest BCUT2D eigenvalue weighted by Crippen LogP contribution is 2.31. The number of benzene rings is 1. The van der Waals surface area contributed by atoms with Gasteiger partial charge in [0.05, 0.1) is 5.56 Å². The Bertz CT molecular complexity index is 397. The summed E-state index contributed by atoms with van der Waals surface area (Å²) in [6.45, 7) is 0. The minimum Gasteiger partial charge on any atom is -0.382 e. The zero-order chi connectivity index (χ0) is 11.6. The van der Waals surface area contributed by atoms with Crippen LogP contribution in [0.4, 0.5) is 17.6 Å². The van der Waals surface area contributed by atoms with E-state index < -0.39 is 17.6 Å². The zero-order valence-corrected chi connectivity index (χ0v) is 7.35. The maximum absolute atomic E-state index is 12.8. The van der Waals surface area contributed by atoms with Crippen molar-refractivity contribution < 1.29 is 17.6 Å². The largest absolute Gasteiger partial charge is 0.419 e. The lowest BCUT2D eigenvalue weighted by molar-refractivity contribution is -0.140. The molecule has 0 fully saturated rings. The van der Waals surface area contributed by atoms with Gasteiger partial charge in [0.15, 0.2) is 0 Å². The SMILES string of the molecule is N/N=C(/N)c1ccc(F)c(C(F)(F)F)c1. The monoisotopic (exact) mass is 221 g/mol. The molecule has 0 spiro atoms. The normalized spacial score (nSPS) is 12.9. The first kappa shape index (κ1) is 11.3. The van der Waals surface area contributed by atoms with Crippen molar-refractivity contribution in [2.24, 2.45) is 16.7 Å². The van der Waals surface area contributed by atoms with Crippen molar-refractivity contribution >= 4 is 5.84 Å². The van der Waals surface area contributed by atoms with E-state index in [0.29, 0.717) is 12.1 Å². The quantitative estimate of drug-likeness (QED) is 0.247. The number of nitrogens with two attached hydrogens (primary N) is 2. The summed E-state index contributed by atoms with van der Waals surface area (Å²) in [5.41, 5.74) is 3.72. The smallest absolute Gasteiger partial charge is 0.382 e. The van der Waals surface area contributed by atoms with Crippen LogP contribution < -0.4 is 11.6 Å². The van der Waals surface area contributed by atoms with Gasteiger partial charge < -0.3 is 11.6 Å². The van der Waals surface area contributed by atoms with Crippen molar-refractivity contribution in [1.82, 2.24) is 0 Å². The average molecular weight is 221 g/mol. The minimum atomic E-state index is -4.77. The Morgan fingerprint density at radius 1 is 1.27 bits per heavy atom. The fourth-order valence-electron chi connectivity index (χ4n) is 0.976. The van der Waals surface area contributed by atoms with Crippen molar-refractivity contribution in [3.8, 4) is 0 Å². The summed E-state index contributed by atoms with van der Waals surface area (Å²) in [6, 6.07) is 2.29. The number of rotatable bonds is 1. The predicted molar refractivity (Wildman–Crippen MR) is 46.3 cm³/mol. The van der Waals surface area contributed by atoms with Crippen LogP contribution in [0.1, 0.15) is 11.1 Å². The number of halogens is 4. The molecule has 4 N–H and O–H groups in total. The highest BCUT2D eigenvalue weighted by molar-refractivity contribution is 5.97. The zero-order valence-electron chi connectivity index (χ0n) is 7.35. The van der Waals surface area contributed by atoms with Gasteiger partial charge in [-0.2, -0.15) is 18.3 Å². The summed E-state index contributed by atoms with van der Waals surface area (Å²) < 4.78 is 49.5. The van der Waals surface area contributed by atoms with Gasteiger partial charge >= 0.3 is 6.18 Å². The fraction of sp³-hybridized carbons (Fsp3) is 0.125. The van der Waals surface area contributed by atoms with E-state index in [1.807, 2.05) is 0 Å². The molecule has 82 valence electrons. The Balaban J connectivity index is 3.29. The lowest BCUT2D eigenvalue weighted by atomic mass is 10.1. The van der Waals surface area contributed by atoms with Gasteiger partial charge in [-0.05, 0) is 18.2 Å². The van der Waals surface area contributed by atoms with Gasteiger partial charge in [0.2, 0.25) is 0 Å². The van der Waals surface area contributed by atoms with E-state index in [4.69, 9.17) is 11.6 Å². The van der Waals surface area contributed by atoms with Crippen LogP contribution in [-0.2, 0) is 6.18 Å². The van der Waals surface area contributed by atoms with Gasteiger partial charge in [0, 0.05) is 5.56 Å². The van der Waals surface area contributed by atoms with Crippen LogP contribution in [-0.4, -0.2) is 5.84 Å². The summed E-state index contributed by atoms with van der Waals surface area (Å²) in [6.07, 6.45) is -4.77. The fourth-order valence-corrected chi connectivity index (χ4v) is 0.976. The molecule has 0 saturated carbocycles. The Hall–Kier alpha value is -1.79. The van der Waals surface area contributed by atoms with E-state index >= 15 is 0 Å². The van der Waals surface area contributed by atoms with E-state index in [-0.39, 0.29) is 11.4 Å². The number of nitrogens with zero attached hydrogens (tertiary/aromatic N) is 1. The standard InChI is InChI=1S/C8H7F4N3/c9-6-2-1-4(7(13)15-14)3-5(6)8(10,11)12/h1-3H,14H2,(H2,13,15). The molecule has 0 aliphatic heterocycles. The second-order valence-corrected chi connectivity index (χ2v) is 2.71. The van der Waals surface area contributed by atoms with Gasteiger partial charge in [-0.1, -0.05) is 0 Å². The number of alkyl halides is 3. The number of hydrazone groups is 1. The molecule has 0 saturated heterocycles. The number of hydrogen-bond donors (Lipinski definition) is 2. The maximum atomic E-state index is 12.8. The summed E-state index contributed by atoms with van der Waals surface area (Å²) >= 11 is 0. The molecule has 3 nitrogen and oxygen atoms in total. The van der Waals surface area contributed by atoms with Gasteiger partial charge in [0.1, 0.15) is 11.7 Å². The third kappa shape index (κ3) is 2.36. The second-order valence-electron chi connectivity index (χ2n) is 2.71. The summed E-state index contributed by atoms with van der Waals surface area (Å²) in [7, 11) is 0. The molecule has 0 aliphatic rings. The topological polar surface area (TPSA) is 64.4 Å². The Kier molecular flexibility index (Phi) is 2.83. The van der Waals surface area contributed by atoms with Crippen LogP contribution in [0, 0.1) is 5.82 Å². The molecule has 7 heteroatoms. The van der Waals surface area contributed by atoms with Gasteiger partial charge in [-0.15, -0.1) is 0 Å². The van der Waals surface area contributed by atoms with Crippen LogP contribution >= 0.6 is 0 Å². The molecule has 0 aliphatic carbocycles. The highest BCUT2D eigenvalue weighted by atomic mass is 19.4. The number of amidine groups is 1. The first-order valence-electron chi connectivity index (χ1n) is 3.76. The maximum Gasteiger partial charge on any atom is 0.419 e. The van der Waals surface area contributed by atoms with Crippen molar-refractivity contribution in [1.29, 1.82) is 0 Å². The van der Waals surface area contributed by atoms with Crippen LogP contribution in [0.15, 0.2) is 23.3 Å². The molecular weight excluding hydrogens is 214 g/mol. The Labute approximate surface area is 82.4 Å². The first-order valence-corrected chi connectivity index (χ1v) is 3.76. The molecule has 0 aromatic heterocycles. The van der Waals surface area contributed by atoms with Gasteiger partial charge in [0.25, 0.3) is 0 Å². The third-order valence-electron chi connectivity index (χ3n) is 1.71. The van der Waals surface area contributed by atoms with Gasteiger partial charge in [-0.3, -0.25) is 0 Å². The molecule has 1 aromatic rings. The van der Waals surface area contributed by atoms with E-state index in [2.05, 4.69) is 5.10 Å². The minimum absolute atomic E-state index is 0.0776. The van der Waals surface area contributed by atoms with Crippen LogP contribution in [0.2, 0.25) is 0 Å². The number of hydrogen-bond acceptors (Lipinski definition) is 2. The second kappa shape index (κ2) is 3.76. The molecular formula is C8H7F4N3. The summed E-state index contributed by atoms with van der Waals surface area (Å²) in [5, 5.41) is 3.02. The summed E-state index contributed by atoms with van der Waals surface area (Å²) in [4.78, 5) is 0. The molecule has 0 radical (unpaired) electrons. The lowest BCUT2D eigenvalue weighted by Gasteiger charge is -2.09. The van der Waals surface area contributed by atoms with Crippen molar-refractivity contribution in [2.75, 3.05) is 0 Å². The Morgan fingerprint density at radius 2 is 1.87 bits per heavy atom. The predicted octanol–water partition coefficient (Wildman–Crippen LogP) is 1.42. The molecule has 0 heterocycles. The molecule has 0 atom stereocenters. The molecule has 1 aromatic carbocycles. The van der Waals surface area contributed by atoms with E-state index in [1.165, 1.54) is 0 Å².